The monoisotopic (exact) mass is 241 g/mol. The highest BCUT2D eigenvalue weighted by Crippen LogP contribution is 2.24. The van der Waals surface area contributed by atoms with Gasteiger partial charge in [0.1, 0.15) is 5.76 Å². The second kappa shape index (κ2) is 5.18. The van der Waals surface area contributed by atoms with Crippen LogP contribution in [-0.4, -0.2) is 41.4 Å². The average Bonchev–Trinajstić information content (AvgIpc) is 2.66. The Hall–Kier alpha value is -1.56. The maximum absolute atomic E-state index is 11.6. The van der Waals surface area contributed by atoms with E-state index in [4.69, 9.17) is 9.63 Å². The van der Waals surface area contributed by atoms with Crippen molar-refractivity contribution in [2.24, 2.45) is 0 Å². The zero-order valence-electron chi connectivity index (χ0n) is 10.6. The molecule has 1 aromatic rings. The Morgan fingerprint density at radius 3 is 2.71 bits per heavy atom. The number of aliphatic hydroxyl groups is 1. The maximum Gasteiger partial charge on any atom is 0.322 e. The zero-order chi connectivity index (χ0) is 13.1. The molecule has 6 heteroatoms. The summed E-state index contributed by atoms with van der Waals surface area (Å²) in [6.45, 7) is 6.19. The van der Waals surface area contributed by atoms with Gasteiger partial charge in [-0.2, -0.15) is 0 Å². The number of hydrogen-bond donors (Lipinski definition) is 2. The molecule has 17 heavy (non-hydrogen) atoms. The van der Waals surface area contributed by atoms with Crippen LogP contribution in [0, 0.1) is 0 Å². The lowest BCUT2D eigenvalue weighted by Crippen LogP contribution is -2.33. The summed E-state index contributed by atoms with van der Waals surface area (Å²) in [5.41, 5.74) is -0.146. The molecule has 0 atom stereocenters. The molecule has 0 radical (unpaired) electrons. The lowest BCUT2D eigenvalue weighted by atomic mass is 9.93. The van der Waals surface area contributed by atoms with E-state index in [0.717, 1.165) is 0 Å². The molecule has 2 amide bonds. The summed E-state index contributed by atoms with van der Waals surface area (Å²) in [4.78, 5) is 12.9. The molecule has 1 rings (SSSR count). The Labute approximate surface area is 101 Å². The van der Waals surface area contributed by atoms with Crippen LogP contribution >= 0.6 is 0 Å². The van der Waals surface area contributed by atoms with Crippen molar-refractivity contribution < 1.29 is 14.4 Å². The number of urea groups is 1. The van der Waals surface area contributed by atoms with Gasteiger partial charge in [0.15, 0.2) is 5.82 Å². The molecule has 0 unspecified atom stereocenters. The first-order chi connectivity index (χ1) is 7.84. The predicted molar refractivity (Wildman–Crippen MR) is 63.9 cm³/mol. The average molecular weight is 241 g/mol. The van der Waals surface area contributed by atoms with Gasteiger partial charge in [0.25, 0.3) is 0 Å². The Morgan fingerprint density at radius 2 is 2.24 bits per heavy atom. The van der Waals surface area contributed by atoms with E-state index in [0.29, 0.717) is 11.6 Å². The minimum Gasteiger partial charge on any atom is -0.395 e. The van der Waals surface area contributed by atoms with Crippen molar-refractivity contribution in [3.8, 4) is 0 Å². The third-order valence-corrected chi connectivity index (χ3v) is 2.27. The number of nitrogens with one attached hydrogen (secondary N) is 1. The number of anilines is 1. The van der Waals surface area contributed by atoms with E-state index in [1.54, 1.807) is 13.1 Å². The minimum absolute atomic E-state index is 0.0734. The van der Waals surface area contributed by atoms with Crippen LogP contribution in [0.2, 0.25) is 0 Å². The van der Waals surface area contributed by atoms with E-state index in [1.165, 1.54) is 4.90 Å². The summed E-state index contributed by atoms with van der Waals surface area (Å²) in [5, 5.41) is 15.1. The second-order valence-electron chi connectivity index (χ2n) is 4.90. The molecule has 1 heterocycles. The molecule has 0 spiro atoms. The molecule has 2 N–H and O–H groups in total. The first-order valence-corrected chi connectivity index (χ1v) is 5.45. The summed E-state index contributed by atoms with van der Waals surface area (Å²) in [6.07, 6.45) is 0. The van der Waals surface area contributed by atoms with Gasteiger partial charge < -0.3 is 14.5 Å². The van der Waals surface area contributed by atoms with Crippen LogP contribution < -0.4 is 5.32 Å². The summed E-state index contributed by atoms with van der Waals surface area (Å²) < 4.78 is 5.14. The van der Waals surface area contributed by atoms with E-state index in [9.17, 15) is 4.79 Å². The van der Waals surface area contributed by atoms with Gasteiger partial charge in [-0.3, -0.25) is 5.32 Å². The van der Waals surface area contributed by atoms with E-state index in [2.05, 4.69) is 10.5 Å². The fourth-order valence-electron chi connectivity index (χ4n) is 1.14. The molecule has 0 aromatic carbocycles. The van der Waals surface area contributed by atoms with Gasteiger partial charge in [0.05, 0.1) is 6.61 Å². The summed E-state index contributed by atoms with van der Waals surface area (Å²) in [7, 11) is 1.59. The number of likely N-dealkylation sites (N-methyl/N-ethyl adjacent to an activating group) is 1. The zero-order valence-corrected chi connectivity index (χ0v) is 10.6. The highest BCUT2D eigenvalue weighted by atomic mass is 16.5. The molecule has 96 valence electrons. The first-order valence-electron chi connectivity index (χ1n) is 5.45. The van der Waals surface area contributed by atoms with Gasteiger partial charge in [-0.1, -0.05) is 25.9 Å². The van der Waals surface area contributed by atoms with Crippen LogP contribution in [0.25, 0.3) is 0 Å². The Morgan fingerprint density at radius 1 is 1.59 bits per heavy atom. The standard InChI is InChI=1S/C11H19N3O3/c1-11(2,3)8-7-9(13-17-8)12-10(16)14(4)5-6-15/h7,15H,5-6H2,1-4H3,(H,12,13,16). The maximum atomic E-state index is 11.6. The summed E-state index contributed by atoms with van der Waals surface area (Å²) in [5.74, 6) is 1.09. The Bertz CT molecular complexity index is 382. The van der Waals surface area contributed by atoms with Gasteiger partial charge in [-0.15, -0.1) is 0 Å². The van der Waals surface area contributed by atoms with Crippen molar-refractivity contribution in [1.29, 1.82) is 0 Å². The van der Waals surface area contributed by atoms with E-state index in [-0.39, 0.29) is 24.6 Å². The Balaban J connectivity index is 2.64. The van der Waals surface area contributed by atoms with Gasteiger partial charge in [0.2, 0.25) is 0 Å². The lowest BCUT2D eigenvalue weighted by Gasteiger charge is -2.15. The second-order valence-corrected chi connectivity index (χ2v) is 4.90. The van der Waals surface area contributed by atoms with Crippen LogP contribution in [0.5, 0.6) is 0 Å². The third-order valence-electron chi connectivity index (χ3n) is 2.27. The number of amides is 2. The van der Waals surface area contributed by atoms with Crippen molar-refractivity contribution in [2.45, 2.75) is 26.2 Å². The number of aromatic nitrogens is 1. The highest BCUT2D eigenvalue weighted by molar-refractivity contribution is 5.88. The predicted octanol–water partition coefficient (Wildman–Crippen LogP) is 1.43. The SMILES string of the molecule is CN(CCO)C(=O)Nc1cc(C(C)(C)C)on1. The van der Waals surface area contributed by atoms with Crippen molar-refractivity contribution in [2.75, 3.05) is 25.5 Å². The Kier molecular flexibility index (Phi) is 4.11. The molecule has 0 fully saturated rings. The molecule has 0 bridgehead atoms. The van der Waals surface area contributed by atoms with E-state index in [1.807, 2.05) is 20.8 Å². The van der Waals surface area contributed by atoms with Crippen molar-refractivity contribution in [1.82, 2.24) is 10.1 Å². The number of carbonyl (C=O) groups is 1. The number of hydrogen-bond acceptors (Lipinski definition) is 4. The van der Waals surface area contributed by atoms with Gasteiger partial charge in [0, 0.05) is 25.1 Å². The number of carbonyl (C=O) groups excluding carboxylic acids is 1. The van der Waals surface area contributed by atoms with Crippen molar-refractivity contribution in [3.63, 3.8) is 0 Å². The van der Waals surface area contributed by atoms with Crippen LogP contribution in [-0.2, 0) is 5.41 Å². The molecular formula is C11H19N3O3. The molecular weight excluding hydrogens is 222 g/mol. The minimum atomic E-state index is -0.326. The molecule has 0 saturated carbocycles. The van der Waals surface area contributed by atoms with E-state index < -0.39 is 0 Å². The van der Waals surface area contributed by atoms with Crippen molar-refractivity contribution in [3.05, 3.63) is 11.8 Å². The molecule has 0 aliphatic carbocycles. The molecule has 1 aromatic heterocycles. The number of rotatable bonds is 3. The van der Waals surface area contributed by atoms with Crippen LogP contribution in [0.4, 0.5) is 10.6 Å². The van der Waals surface area contributed by atoms with E-state index >= 15 is 0 Å². The summed E-state index contributed by atoms with van der Waals surface area (Å²) >= 11 is 0. The fraction of sp³-hybridized carbons (Fsp3) is 0.636. The molecule has 6 nitrogen and oxygen atoms in total. The van der Waals surface area contributed by atoms with Crippen LogP contribution in [0.1, 0.15) is 26.5 Å². The molecule has 0 aliphatic heterocycles. The smallest absolute Gasteiger partial charge is 0.322 e. The van der Waals surface area contributed by atoms with Gasteiger partial charge in [-0.25, -0.2) is 4.79 Å². The third kappa shape index (κ3) is 3.74. The van der Waals surface area contributed by atoms with Gasteiger partial charge >= 0.3 is 6.03 Å². The summed E-state index contributed by atoms with van der Waals surface area (Å²) in [6, 6.07) is 1.37. The molecule has 0 saturated heterocycles. The quantitative estimate of drug-likeness (QED) is 0.839. The van der Waals surface area contributed by atoms with Crippen LogP contribution in [0.15, 0.2) is 10.6 Å². The molecule has 0 aliphatic rings. The first kappa shape index (κ1) is 13.5. The highest BCUT2D eigenvalue weighted by Gasteiger charge is 2.20. The normalized spacial score (nSPS) is 11.4. The van der Waals surface area contributed by atoms with Crippen molar-refractivity contribution >= 4 is 11.8 Å². The largest absolute Gasteiger partial charge is 0.395 e. The van der Waals surface area contributed by atoms with Crippen LogP contribution in [0.3, 0.4) is 0 Å². The fourth-order valence-corrected chi connectivity index (χ4v) is 1.14. The topological polar surface area (TPSA) is 78.6 Å². The van der Waals surface area contributed by atoms with Gasteiger partial charge in [-0.05, 0) is 0 Å². The number of aliphatic hydroxyl groups excluding tert-OH is 1. The lowest BCUT2D eigenvalue weighted by molar-refractivity contribution is 0.202. The number of nitrogens with zero attached hydrogens (tertiary/aromatic N) is 2.